The molecule has 1 aromatic rings. The van der Waals surface area contributed by atoms with E-state index in [0.717, 1.165) is 37.9 Å². The summed E-state index contributed by atoms with van der Waals surface area (Å²) < 4.78 is 5.80. The molecule has 0 aliphatic heterocycles. The Bertz CT molecular complexity index is 373. The molecule has 1 N–H and O–H groups in total. The highest BCUT2D eigenvalue weighted by atomic mass is 16.5. The average molecular weight is 292 g/mol. The van der Waals surface area contributed by atoms with Gasteiger partial charge in [-0.05, 0) is 43.6 Å². The van der Waals surface area contributed by atoms with Gasteiger partial charge in [-0.25, -0.2) is 0 Å². The van der Waals surface area contributed by atoms with Gasteiger partial charge in [0.2, 0.25) is 0 Å². The molecule has 21 heavy (non-hydrogen) atoms. The van der Waals surface area contributed by atoms with Gasteiger partial charge in [-0.1, -0.05) is 39.8 Å². The van der Waals surface area contributed by atoms with Crippen LogP contribution in [0.3, 0.4) is 0 Å². The summed E-state index contributed by atoms with van der Waals surface area (Å²) in [5.41, 5.74) is 1.30. The normalized spacial score (nSPS) is 11.6. The van der Waals surface area contributed by atoms with Crippen LogP contribution in [0.15, 0.2) is 24.3 Å². The number of rotatable bonds is 10. The maximum absolute atomic E-state index is 5.80. The van der Waals surface area contributed by atoms with Crippen LogP contribution in [0.2, 0.25) is 0 Å². The van der Waals surface area contributed by atoms with Gasteiger partial charge in [-0.3, -0.25) is 0 Å². The monoisotopic (exact) mass is 292 g/mol. The Hall–Kier alpha value is -1.06. The van der Waals surface area contributed by atoms with E-state index in [-0.39, 0.29) is 0 Å². The first kappa shape index (κ1) is 18.0. The fourth-order valence-corrected chi connectivity index (χ4v) is 1.94. The minimum Gasteiger partial charge on any atom is -0.492 e. The van der Waals surface area contributed by atoms with Crippen LogP contribution in [-0.2, 0) is 6.54 Å². The molecule has 0 bridgehead atoms. The molecule has 0 radical (unpaired) electrons. The molecule has 0 spiro atoms. The van der Waals surface area contributed by atoms with E-state index in [4.69, 9.17) is 4.74 Å². The molecule has 1 aromatic carbocycles. The first-order chi connectivity index (χ1) is 9.97. The van der Waals surface area contributed by atoms with Crippen LogP contribution < -0.4 is 10.1 Å². The van der Waals surface area contributed by atoms with Crippen molar-refractivity contribution in [1.82, 2.24) is 10.2 Å². The molecule has 3 heteroatoms. The Morgan fingerprint density at radius 3 is 2.29 bits per heavy atom. The largest absolute Gasteiger partial charge is 0.492 e. The highest BCUT2D eigenvalue weighted by molar-refractivity contribution is 5.27. The Balaban J connectivity index is 2.23. The number of likely N-dealkylation sites (N-methyl/N-ethyl adjacent to an activating group) is 1. The molecule has 0 aromatic heterocycles. The smallest absolute Gasteiger partial charge is 0.119 e. The standard InChI is InChI=1S/C18H32N2O/c1-15(2)10-11-20(5)12-13-21-18-8-6-17(7-9-18)14-19-16(3)4/h6-9,15-16,19H,10-14H2,1-5H3. The highest BCUT2D eigenvalue weighted by Crippen LogP contribution is 2.12. The van der Waals surface area contributed by atoms with E-state index in [9.17, 15) is 0 Å². The third-order valence-electron chi connectivity index (χ3n) is 3.47. The topological polar surface area (TPSA) is 24.5 Å². The molecule has 0 aliphatic rings. The van der Waals surface area contributed by atoms with E-state index in [1.165, 1.54) is 12.0 Å². The first-order valence-electron chi connectivity index (χ1n) is 8.11. The number of hydrogen-bond donors (Lipinski definition) is 1. The molecule has 0 heterocycles. The molecule has 0 aliphatic carbocycles. The summed E-state index contributed by atoms with van der Waals surface area (Å²) in [4.78, 5) is 2.33. The second-order valence-electron chi connectivity index (χ2n) is 6.51. The van der Waals surface area contributed by atoms with E-state index in [1.807, 2.05) is 0 Å². The zero-order valence-corrected chi connectivity index (χ0v) is 14.4. The number of hydrogen-bond acceptors (Lipinski definition) is 3. The number of nitrogens with one attached hydrogen (secondary N) is 1. The van der Waals surface area contributed by atoms with Gasteiger partial charge in [0.15, 0.2) is 0 Å². The molecule has 0 amide bonds. The molecule has 0 saturated heterocycles. The predicted molar refractivity (Wildman–Crippen MR) is 90.9 cm³/mol. The SMILES string of the molecule is CC(C)CCN(C)CCOc1ccc(CNC(C)C)cc1. The van der Waals surface area contributed by atoms with Crippen LogP contribution in [0, 0.1) is 5.92 Å². The Kier molecular flexibility index (Phi) is 8.40. The average Bonchev–Trinajstić information content (AvgIpc) is 2.44. The Morgan fingerprint density at radius 2 is 1.71 bits per heavy atom. The first-order valence-corrected chi connectivity index (χ1v) is 8.11. The van der Waals surface area contributed by atoms with E-state index in [0.29, 0.717) is 6.04 Å². The summed E-state index contributed by atoms with van der Waals surface area (Å²) in [6.07, 6.45) is 1.24. The van der Waals surface area contributed by atoms with Crippen molar-refractivity contribution < 1.29 is 4.74 Å². The summed E-state index contributed by atoms with van der Waals surface area (Å²) in [5, 5.41) is 3.41. The lowest BCUT2D eigenvalue weighted by atomic mass is 10.1. The number of benzene rings is 1. The van der Waals surface area contributed by atoms with Gasteiger partial charge < -0.3 is 15.0 Å². The summed E-state index contributed by atoms with van der Waals surface area (Å²) >= 11 is 0. The van der Waals surface area contributed by atoms with Crippen LogP contribution in [0.5, 0.6) is 5.75 Å². The lowest BCUT2D eigenvalue weighted by Crippen LogP contribution is -2.26. The summed E-state index contributed by atoms with van der Waals surface area (Å²) in [7, 11) is 2.16. The highest BCUT2D eigenvalue weighted by Gasteiger charge is 2.02. The van der Waals surface area contributed by atoms with Gasteiger partial charge in [0.1, 0.15) is 12.4 Å². The fourth-order valence-electron chi connectivity index (χ4n) is 1.94. The van der Waals surface area contributed by atoms with Crippen molar-refractivity contribution in [2.75, 3.05) is 26.7 Å². The van der Waals surface area contributed by atoms with Crippen molar-refractivity contribution in [2.24, 2.45) is 5.92 Å². The predicted octanol–water partition coefficient (Wildman–Crippen LogP) is 3.54. The Labute approximate surface area is 130 Å². The second kappa shape index (κ2) is 9.80. The third-order valence-corrected chi connectivity index (χ3v) is 3.47. The summed E-state index contributed by atoms with van der Waals surface area (Å²) in [6, 6.07) is 8.90. The van der Waals surface area contributed by atoms with Gasteiger partial charge in [0.05, 0.1) is 0 Å². The molecule has 1 rings (SSSR count). The van der Waals surface area contributed by atoms with Crippen molar-refractivity contribution in [3.63, 3.8) is 0 Å². The van der Waals surface area contributed by atoms with Crippen molar-refractivity contribution in [2.45, 2.75) is 46.7 Å². The second-order valence-corrected chi connectivity index (χ2v) is 6.51. The van der Waals surface area contributed by atoms with Gasteiger partial charge in [-0.2, -0.15) is 0 Å². The molecular weight excluding hydrogens is 260 g/mol. The summed E-state index contributed by atoms with van der Waals surface area (Å²) in [6.45, 7) is 12.6. The van der Waals surface area contributed by atoms with E-state index >= 15 is 0 Å². The molecule has 0 fully saturated rings. The molecule has 3 nitrogen and oxygen atoms in total. The van der Waals surface area contributed by atoms with Gasteiger partial charge in [0.25, 0.3) is 0 Å². The van der Waals surface area contributed by atoms with E-state index in [2.05, 4.69) is 69.2 Å². The maximum atomic E-state index is 5.80. The molecular formula is C18H32N2O. The van der Waals surface area contributed by atoms with Crippen LogP contribution in [0.4, 0.5) is 0 Å². The van der Waals surface area contributed by atoms with Crippen LogP contribution in [0.1, 0.15) is 39.7 Å². The van der Waals surface area contributed by atoms with Crippen molar-refractivity contribution in [3.8, 4) is 5.75 Å². The molecule has 0 unspecified atom stereocenters. The Morgan fingerprint density at radius 1 is 1.05 bits per heavy atom. The van der Waals surface area contributed by atoms with Crippen LogP contribution in [-0.4, -0.2) is 37.7 Å². The summed E-state index contributed by atoms with van der Waals surface area (Å²) in [5.74, 6) is 1.72. The van der Waals surface area contributed by atoms with Gasteiger partial charge >= 0.3 is 0 Å². The van der Waals surface area contributed by atoms with Gasteiger partial charge in [-0.15, -0.1) is 0 Å². The lowest BCUT2D eigenvalue weighted by Gasteiger charge is -2.18. The molecule has 0 saturated carbocycles. The third kappa shape index (κ3) is 8.74. The maximum Gasteiger partial charge on any atom is 0.119 e. The van der Waals surface area contributed by atoms with Crippen molar-refractivity contribution in [1.29, 1.82) is 0 Å². The zero-order valence-electron chi connectivity index (χ0n) is 14.4. The van der Waals surface area contributed by atoms with Crippen LogP contribution >= 0.6 is 0 Å². The molecule has 0 atom stereocenters. The minimum absolute atomic E-state index is 0.516. The zero-order chi connectivity index (χ0) is 15.7. The van der Waals surface area contributed by atoms with E-state index in [1.54, 1.807) is 0 Å². The lowest BCUT2D eigenvalue weighted by molar-refractivity contribution is 0.230. The van der Waals surface area contributed by atoms with Crippen LogP contribution in [0.25, 0.3) is 0 Å². The van der Waals surface area contributed by atoms with Crippen molar-refractivity contribution >= 4 is 0 Å². The van der Waals surface area contributed by atoms with E-state index < -0.39 is 0 Å². The molecule has 120 valence electrons. The number of nitrogens with zero attached hydrogens (tertiary/aromatic N) is 1. The number of ether oxygens (including phenoxy) is 1. The fraction of sp³-hybridized carbons (Fsp3) is 0.667. The van der Waals surface area contributed by atoms with Crippen molar-refractivity contribution in [3.05, 3.63) is 29.8 Å². The minimum atomic E-state index is 0.516. The quantitative estimate of drug-likeness (QED) is 0.714. The van der Waals surface area contributed by atoms with Gasteiger partial charge in [0, 0.05) is 19.1 Å².